The maximum absolute atomic E-state index is 13.4. The third-order valence-electron chi connectivity index (χ3n) is 3.39. The Morgan fingerprint density at radius 3 is 2.54 bits per heavy atom. The van der Waals surface area contributed by atoms with Gasteiger partial charge in [-0.15, -0.1) is 0 Å². The van der Waals surface area contributed by atoms with Gasteiger partial charge in [0, 0.05) is 12.6 Å². The first-order valence-electron chi connectivity index (χ1n) is 7.16. The van der Waals surface area contributed by atoms with Gasteiger partial charge in [0.2, 0.25) is 0 Å². The standard InChI is InChI=1S/C17H16F2N2O3/c1-10-4-2-3-5-12(10)15(22)9-20-16(23)17(24)21-14-8-11(18)6-7-13(14)19/h2-8,15,22H,9H2,1H3,(H,20,23)(H,21,24)/t15-/m1/s1. The van der Waals surface area contributed by atoms with Crippen molar-refractivity contribution < 1.29 is 23.5 Å². The second-order valence-electron chi connectivity index (χ2n) is 5.16. The number of aliphatic hydroxyl groups excluding tert-OH is 1. The number of benzene rings is 2. The number of nitrogens with one attached hydrogen (secondary N) is 2. The second kappa shape index (κ2) is 7.65. The van der Waals surface area contributed by atoms with E-state index < -0.39 is 35.2 Å². The number of aryl methyl sites for hydroxylation is 1. The zero-order valence-corrected chi connectivity index (χ0v) is 12.8. The summed E-state index contributed by atoms with van der Waals surface area (Å²) in [6, 6.07) is 9.56. The van der Waals surface area contributed by atoms with Crippen molar-refractivity contribution in [3.63, 3.8) is 0 Å². The van der Waals surface area contributed by atoms with Crippen molar-refractivity contribution in [3.05, 3.63) is 65.2 Å². The number of rotatable bonds is 4. The molecule has 0 saturated carbocycles. The van der Waals surface area contributed by atoms with E-state index in [1.54, 1.807) is 25.1 Å². The summed E-state index contributed by atoms with van der Waals surface area (Å²) >= 11 is 0. The van der Waals surface area contributed by atoms with Crippen LogP contribution in [0.15, 0.2) is 42.5 Å². The van der Waals surface area contributed by atoms with Crippen molar-refractivity contribution in [1.82, 2.24) is 5.32 Å². The maximum atomic E-state index is 13.4. The lowest BCUT2D eigenvalue weighted by Gasteiger charge is -2.14. The molecular weight excluding hydrogens is 318 g/mol. The topological polar surface area (TPSA) is 78.4 Å². The van der Waals surface area contributed by atoms with Gasteiger partial charge >= 0.3 is 11.8 Å². The van der Waals surface area contributed by atoms with Crippen molar-refractivity contribution in [3.8, 4) is 0 Å². The summed E-state index contributed by atoms with van der Waals surface area (Å²) in [5.74, 6) is -3.83. The van der Waals surface area contributed by atoms with Gasteiger partial charge in [0.25, 0.3) is 0 Å². The Kier molecular flexibility index (Phi) is 5.59. The van der Waals surface area contributed by atoms with E-state index in [0.717, 1.165) is 23.8 Å². The molecule has 3 N–H and O–H groups in total. The average Bonchev–Trinajstić information content (AvgIpc) is 2.56. The molecule has 0 fully saturated rings. The van der Waals surface area contributed by atoms with Gasteiger partial charge in [0.1, 0.15) is 11.6 Å². The molecule has 5 nitrogen and oxygen atoms in total. The van der Waals surface area contributed by atoms with Crippen LogP contribution in [-0.2, 0) is 9.59 Å². The number of aliphatic hydroxyl groups is 1. The highest BCUT2D eigenvalue weighted by molar-refractivity contribution is 6.39. The van der Waals surface area contributed by atoms with E-state index in [4.69, 9.17) is 0 Å². The van der Waals surface area contributed by atoms with Crippen LogP contribution in [0.1, 0.15) is 17.2 Å². The number of carbonyl (C=O) groups is 2. The summed E-state index contributed by atoms with van der Waals surface area (Å²) in [4.78, 5) is 23.4. The van der Waals surface area contributed by atoms with E-state index in [-0.39, 0.29) is 6.54 Å². The molecule has 2 amide bonds. The Balaban J connectivity index is 1.93. The third kappa shape index (κ3) is 4.36. The van der Waals surface area contributed by atoms with Crippen LogP contribution in [0.3, 0.4) is 0 Å². The van der Waals surface area contributed by atoms with Crippen molar-refractivity contribution in [2.75, 3.05) is 11.9 Å². The largest absolute Gasteiger partial charge is 0.387 e. The Hall–Kier alpha value is -2.80. The SMILES string of the molecule is Cc1ccccc1[C@H](O)CNC(=O)C(=O)Nc1cc(F)ccc1F. The molecule has 24 heavy (non-hydrogen) atoms. The smallest absolute Gasteiger partial charge is 0.313 e. The highest BCUT2D eigenvalue weighted by Crippen LogP contribution is 2.17. The molecule has 0 heterocycles. The fourth-order valence-corrected chi connectivity index (χ4v) is 2.11. The van der Waals surface area contributed by atoms with Gasteiger partial charge in [-0.25, -0.2) is 8.78 Å². The minimum Gasteiger partial charge on any atom is -0.387 e. The van der Waals surface area contributed by atoms with Crippen LogP contribution in [0.4, 0.5) is 14.5 Å². The number of amides is 2. The second-order valence-corrected chi connectivity index (χ2v) is 5.16. The molecule has 0 radical (unpaired) electrons. The minimum atomic E-state index is -1.16. The number of halogens is 2. The third-order valence-corrected chi connectivity index (χ3v) is 3.39. The first-order chi connectivity index (χ1) is 11.4. The summed E-state index contributed by atoms with van der Waals surface area (Å²) in [6.07, 6.45) is -0.992. The van der Waals surface area contributed by atoms with Crippen molar-refractivity contribution >= 4 is 17.5 Å². The van der Waals surface area contributed by atoms with E-state index in [9.17, 15) is 23.5 Å². The molecule has 0 aliphatic heterocycles. The molecule has 2 aromatic carbocycles. The molecule has 2 rings (SSSR count). The normalized spacial score (nSPS) is 11.7. The highest BCUT2D eigenvalue weighted by atomic mass is 19.1. The summed E-state index contributed by atoms with van der Waals surface area (Å²) in [5, 5.41) is 14.3. The Morgan fingerprint density at radius 1 is 1.12 bits per heavy atom. The predicted molar refractivity (Wildman–Crippen MR) is 84.1 cm³/mol. The van der Waals surface area contributed by atoms with E-state index in [0.29, 0.717) is 5.56 Å². The molecule has 1 atom stereocenters. The van der Waals surface area contributed by atoms with Gasteiger partial charge in [0.15, 0.2) is 0 Å². The zero-order chi connectivity index (χ0) is 17.7. The quantitative estimate of drug-likeness (QED) is 0.749. The molecular formula is C17H16F2N2O3. The van der Waals surface area contributed by atoms with E-state index in [2.05, 4.69) is 5.32 Å². The molecule has 0 aromatic heterocycles. The predicted octanol–water partition coefficient (Wildman–Crippen LogP) is 2.06. The van der Waals surface area contributed by atoms with Crippen LogP contribution in [-0.4, -0.2) is 23.5 Å². The highest BCUT2D eigenvalue weighted by Gasteiger charge is 2.18. The molecule has 2 aromatic rings. The van der Waals surface area contributed by atoms with Crippen LogP contribution in [0.25, 0.3) is 0 Å². The Morgan fingerprint density at radius 2 is 1.83 bits per heavy atom. The first kappa shape index (κ1) is 17.6. The summed E-state index contributed by atoms with van der Waals surface area (Å²) in [7, 11) is 0. The molecule has 0 aliphatic carbocycles. The molecule has 0 aliphatic rings. The van der Waals surface area contributed by atoms with Gasteiger partial charge in [0.05, 0.1) is 11.8 Å². The van der Waals surface area contributed by atoms with Crippen molar-refractivity contribution in [2.45, 2.75) is 13.0 Å². The number of carbonyl (C=O) groups excluding carboxylic acids is 2. The minimum absolute atomic E-state index is 0.192. The molecule has 0 saturated heterocycles. The van der Waals surface area contributed by atoms with Crippen LogP contribution < -0.4 is 10.6 Å². The van der Waals surface area contributed by atoms with Crippen LogP contribution in [0, 0.1) is 18.6 Å². The average molecular weight is 334 g/mol. The number of anilines is 1. The maximum Gasteiger partial charge on any atom is 0.313 e. The fourth-order valence-electron chi connectivity index (χ4n) is 2.11. The van der Waals surface area contributed by atoms with Gasteiger partial charge in [-0.05, 0) is 30.2 Å². The van der Waals surface area contributed by atoms with E-state index in [1.807, 2.05) is 11.4 Å². The molecule has 0 spiro atoms. The van der Waals surface area contributed by atoms with Crippen LogP contribution in [0.5, 0.6) is 0 Å². The van der Waals surface area contributed by atoms with E-state index in [1.165, 1.54) is 0 Å². The van der Waals surface area contributed by atoms with E-state index >= 15 is 0 Å². The monoisotopic (exact) mass is 334 g/mol. The summed E-state index contributed by atoms with van der Waals surface area (Å²) in [5.41, 5.74) is 1.02. The summed E-state index contributed by atoms with van der Waals surface area (Å²) < 4.78 is 26.4. The molecule has 7 heteroatoms. The fraction of sp³-hybridized carbons (Fsp3) is 0.176. The lowest BCUT2D eigenvalue weighted by atomic mass is 10.0. The van der Waals surface area contributed by atoms with Gasteiger partial charge in [-0.1, -0.05) is 24.3 Å². The zero-order valence-electron chi connectivity index (χ0n) is 12.8. The number of hydrogen-bond donors (Lipinski definition) is 3. The molecule has 126 valence electrons. The lowest BCUT2D eigenvalue weighted by Crippen LogP contribution is -2.37. The Labute approximate surface area is 137 Å². The number of hydrogen-bond acceptors (Lipinski definition) is 3. The lowest BCUT2D eigenvalue weighted by molar-refractivity contribution is -0.136. The van der Waals surface area contributed by atoms with Crippen molar-refractivity contribution in [2.24, 2.45) is 0 Å². The molecule has 0 unspecified atom stereocenters. The van der Waals surface area contributed by atoms with Gasteiger partial charge in [-0.3, -0.25) is 9.59 Å². The Bertz CT molecular complexity index is 765. The van der Waals surface area contributed by atoms with Crippen molar-refractivity contribution in [1.29, 1.82) is 0 Å². The van der Waals surface area contributed by atoms with Crippen LogP contribution in [0.2, 0.25) is 0 Å². The molecule has 0 bridgehead atoms. The summed E-state index contributed by atoms with van der Waals surface area (Å²) in [6.45, 7) is 1.61. The van der Waals surface area contributed by atoms with Crippen LogP contribution >= 0.6 is 0 Å². The van der Waals surface area contributed by atoms with Gasteiger partial charge in [-0.2, -0.15) is 0 Å². The first-order valence-corrected chi connectivity index (χ1v) is 7.16. The van der Waals surface area contributed by atoms with Gasteiger partial charge < -0.3 is 15.7 Å².